The number of aromatic amines is 2. The van der Waals surface area contributed by atoms with E-state index in [-0.39, 0.29) is 5.82 Å². The molecule has 0 amide bonds. The number of pyridine rings is 1. The number of aromatic nitrogens is 4. The SMILES string of the molecule is C=C/C(=C\C(=C/C)c1ccc2[nH]nc(-c3cc4c(-c5cccc(F)c5)cccc4[nH]3)c2n1)CNCc1ccccc1. The summed E-state index contributed by atoms with van der Waals surface area (Å²) in [4.78, 5) is 8.52. The van der Waals surface area contributed by atoms with Crippen LogP contribution in [-0.2, 0) is 6.54 Å². The number of nitrogens with zero attached hydrogens (tertiary/aromatic N) is 2. The summed E-state index contributed by atoms with van der Waals surface area (Å²) in [5, 5.41) is 12.2. The van der Waals surface area contributed by atoms with Gasteiger partial charge in [0.2, 0.25) is 0 Å². The number of allylic oxidation sites excluding steroid dienone is 3. The van der Waals surface area contributed by atoms with E-state index in [9.17, 15) is 4.39 Å². The predicted molar refractivity (Wildman–Crippen MR) is 167 cm³/mol. The molecule has 0 radical (unpaired) electrons. The molecule has 3 heterocycles. The van der Waals surface area contributed by atoms with Crippen molar-refractivity contribution in [2.75, 3.05) is 6.54 Å². The van der Waals surface area contributed by atoms with E-state index in [1.54, 1.807) is 12.1 Å². The standard InChI is InChI=1S/C35H30FN5/c1-3-23(21-37-22-24-10-6-5-7-11-24)18-25(4-2)30-16-17-32-34(39-30)35(41-40-32)33-20-29-28(14-9-15-31(29)38-33)26-12-8-13-27(36)19-26/h3-20,37-38H,1,21-22H2,2H3,(H,40,41)/b23-18+,25-4+. The second-order valence-electron chi connectivity index (χ2n) is 9.88. The lowest BCUT2D eigenvalue weighted by Gasteiger charge is -2.08. The lowest BCUT2D eigenvalue weighted by Crippen LogP contribution is -2.16. The van der Waals surface area contributed by atoms with Gasteiger partial charge in [0, 0.05) is 24.0 Å². The number of rotatable bonds is 9. The molecule has 3 aromatic carbocycles. The highest BCUT2D eigenvalue weighted by Gasteiger charge is 2.16. The molecule has 0 unspecified atom stereocenters. The average molecular weight is 540 g/mol. The third-order valence-corrected chi connectivity index (χ3v) is 7.17. The topological polar surface area (TPSA) is 69.4 Å². The van der Waals surface area contributed by atoms with Crippen LogP contribution in [0.1, 0.15) is 18.2 Å². The number of halogens is 1. The van der Waals surface area contributed by atoms with Crippen molar-refractivity contribution in [3.63, 3.8) is 0 Å². The van der Waals surface area contributed by atoms with Gasteiger partial charge in [-0.3, -0.25) is 5.10 Å². The lowest BCUT2D eigenvalue weighted by molar-refractivity contribution is 0.628. The molecule has 3 N–H and O–H groups in total. The third kappa shape index (κ3) is 5.51. The predicted octanol–water partition coefficient (Wildman–Crippen LogP) is 8.22. The van der Waals surface area contributed by atoms with Gasteiger partial charge in [0.05, 0.1) is 16.9 Å². The largest absolute Gasteiger partial charge is 0.353 e. The summed E-state index contributed by atoms with van der Waals surface area (Å²) in [5.41, 5.74) is 10.1. The van der Waals surface area contributed by atoms with Crippen molar-refractivity contribution < 1.29 is 4.39 Å². The number of H-pyrrole nitrogens is 2. The van der Waals surface area contributed by atoms with Crippen LogP contribution in [0.15, 0.2) is 121 Å². The van der Waals surface area contributed by atoms with E-state index in [0.29, 0.717) is 6.54 Å². The molecular weight excluding hydrogens is 509 g/mol. The van der Waals surface area contributed by atoms with E-state index in [0.717, 1.165) is 67.8 Å². The maximum Gasteiger partial charge on any atom is 0.135 e. The van der Waals surface area contributed by atoms with Gasteiger partial charge in [0.1, 0.15) is 17.0 Å². The summed E-state index contributed by atoms with van der Waals surface area (Å²) in [6.07, 6.45) is 6.06. The Morgan fingerprint density at radius 3 is 2.61 bits per heavy atom. The van der Waals surface area contributed by atoms with Crippen molar-refractivity contribution in [2.24, 2.45) is 0 Å². The van der Waals surface area contributed by atoms with Crippen LogP contribution >= 0.6 is 0 Å². The molecule has 0 fully saturated rings. The van der Waals surface area contributed by atoms with Gasteiger partial charge < -0.3 is 10.3 Å². The van der Waals surface area contributed by atoms with E-state index in [2.05, 4.69) is 57.4 Å². The molecule has 0 bridgehead atoms. The van der Waals surface area contributed by atoms with Crippen LogP contribution in [0.3, 0.4) is 0 Å². The van der Waals surface area contributed by atoms with Crippen LogP contribution in [0.25, 0.3) is 50.0 Å². The fraction of sp³-hybridized carbons (Fsp3) is 0.0857. The fourth-order valence-corrected chi connectivity index (χ4v) is 5.07. The van der Waals surface area contributed by atoms with E-state index in [4.69, 9.17) is 4.98 Å². The summed E-state index contributed by atoms with van der Waals surface area (Å²) in [6, 6.07) is 29.1. The maximum atomic E-state index is 14.0. The van der Waals surface area contributed by atoms with Gasteiger partial charge in [-0.2, -0.15) is 5.10 Å². The van der Waals surface area contributed by atoms with Crippen molar-refractivity contribution in [1.82, 2.24) is 25.5 Å². The molecule has 6 heteroatoms. The quantitative estimate of drug-likeness (QED) is 0.162. The van der Waals surface area contributed by atoms with Crippen LogP contribution in [0.5, 0.6) is 0 Å². The van der Waals surface area contributed by atoms with E-state index in [1.807, 2.05) is 67.6 Å². The van der Waals surface area contributed by atoms with E-state index in [1.165, 1.54) is 11.6 Å². The van der Waals surface area contributed by atoms with Gasteiger partial charge >= 0.3 is 0 Å². The van der Waals surface area contributed by atoms with Crippen molar-refractivity contribution in [1.29, 1.82) is 0 Å². The monoisotopic (exact) mass is 539 g/mol. The second-order valence-corrected chi connectivity index (χ2v) is 9.88. The Labute approximate surface area is 238 Å². The first kappa shape index (κ1) is 26.2. The van der Waals surface area contributed by atoms with Crippen LogP contribution < -0.4 is 5.32 Å². The minimum atomic E-state index is -0.259. The minimum absolute atomic E-state index is 0.259. The molecule has 0 aliphatic carbocycles. The maximum absolute atomic E-state index is 14.0. The summed E-state index contributed by atoms with van der Waals surface area (Å²) in [7, 11) is 0. The second kappa shape index (κ2) is 11.6. The molecule has 6 aromatic rings. The molecule has 0 atom stereocenters. The lowest BCUT2D eigenvalue weighted by atomic mass is 10.0. The van der Waals surface area contributed by atoms with Crippen molar-refractivity contribution in [2.45, 2.75) is 13.5 Å². The smallest absolute Gasteiger partial charge is 0.135 e. The van der Waals surface area contributed by atoms with Gasteiger partial charge in [-0.05, 0) is 77.2 Å². The van der Waals surface area contributed by atoms with Crippen LogP contribution in [0, 0.1) is 5.82 Å². The Kier molecular flexibility index (Phi) is 7.39. The van der Waals surface area contributed by atoms with Gasteiger partial charge in [-0.1, -0.05) is 73.3 Å². The van der Waals surface area contributed by atoms with Gasteiger partial charge in [-0.15, -0.1) is 0 Å². The molecule has 0 spiro atoms. The Hall–Kier alpha value is -5.07. The number of fused-ring (bicyclic) bond motifs is 2. The minimum Gasteiger partial charge on any atom is -0.353 e. The van der Waals surface area contributed by atoms with E-state index >= 15 is 0 Å². The molecule has 0 saturated heterocycles. The zero-order valence-electron chi connectivity index (χ0n) is 22.8. The number of hydrogen-bond donors (Lipinski definition) is 3. The first-order valence-corrected chi connectivity index (χ1v) is 13.6. The highest BCUT2D eigenvalue weighted by molar-refractivity contribution is 6.00. The van der Waals surface area contributed by atoms with Crippen molar-refractivity contribution >= 4 is 27.5 Å². The highest BCUT2D eigenvalue weighted by atomic mass is 19.1. The summed E-state index contributed by atoms with van der Waals surface area (Å²) in [6.45, 7) is 7.51. The summed E-state index contributed by atoms with van der Waals surface area (Å²) in [5.74, 6) is -0.259. The Morgan fingerprint density at radius 1 is 0.951 bits per heavy atom. The highest BCUT2D eigenvalue weighted by Crippen LogP contribution is 2.34. The first-order valence-electron chi connectivity index (χ1n) is 13.6. The zero-order valence-corrected chi connectivity index (χ0v) is 22.8. The van der Waals surface area contributed by atoms with Crippen molar-refractivity contribution in [3.8, 4) is 22.5 Å². The average Bonchev–Trinajstić information content (AvgIpc) is 3.63. The van der Waals surface area contributed by atoms with Gasteiger partial charge in [0.25, 0.3) is 0 Å². The fourth-order valence-electron chi connectivity index (χ4n) is 5.07. The molecule has 202 valence electrons. The summed E-state index contributed by atoms with van der Waals surface area (Å²) >= 11 is 0. The van der Waals surface area contributed by atoms with Gasteiger partial charge in [0.15, 0.2) is 0 Å². The number of nitrogens with one attached hydrogen (secondary N) is 3. The molecule has 0 saturated carbocycles. The van der Waals surface area contributed by atoms with Gasteiger partial charge in [-0.25, -0.2) is 9.37 Å². The van der Waals surface area contributed by atoms with Crippen LogP contribution in [0.2, 0.25) is 0 Å². The zero-order chi connectivity index (χ0) is 28.2. The van der Waals surface area contributed by atoms with Crippen molar-refractivity contribution in [3.05, 3.63) is 138 Å². The Bertz CT molecular complexity index is 1910. The van der Waals surface area contributed by atoms with Crippen LogP contribution in [0.4, 0.5) is 4.39 Å². The molecule has 6 rings (SSSR count). The summed E-state index contributed by atoms with van der Waals surface area (Å²) < 4.78 is 14.0. The third-order valence-electron chi connectivity index (χ3n) is 7.17. The first-order chi connectivity index (χ1) is 20.1. The van der Waals surface area contributed by atoms with Crippen LogP contribution in [-0.4, -0.2) is 26.7 Å². The number of benzene rings is 3. The Morgan fingerprint density at radius 2 is 1.80 bits per heavy atom. The molecule has 5 nitrogen and oxygen atoms in total. The Balaban J connectivity index is 1.31. The normalized spacial score (nSPS) is 12.3. The van der Waals surface area contributed by atoms with E-state index < -0.39 is 0 Å². The molecule has 3 aromatic heterocycles. The molecular formula is C35H30FN5. The molecule has 0 aliphatic rings. The molecule has 41 heavy (non-hydrogen) atoms. The molecule has 0 aliphatic heterocycles. The number of hydrogen-bond acceptors (Lipinski definition) is 3.